The summed E-state index contributed by atoms with van der Waals surface area (Å²) in [6.45, 7) is 4.49. The van der Waals surface area contributed by atoms with Crippen LogP contribution in [0.5, 0.6) is 0 Å². The minimum Gasteiger partial charge on any atom is -0.364 e. The summed E-state index contributed by atoms with van der Waals surface area (Å²) >= 11 is 1.56. The summed E-state index contributed by atoms with van der Waals surface area (Å²) in [5, 5.41) is 13.7. The molecule has 0 saturated heterocycles. The van der Waals surface area contributed by atoms with E-state index in [1.54, 1.807) is 11.8 Å². The second kappa shape index (κ2) is 9.58. The molecule has 0 aliphatic rings. The van der Waals surface area contributed by atoms with Crippen LogP contribution < -0.4 is 11.1 Å². The molecule has 0 bridgehead atoms. The van der Waals surface area contributed by atoms with Gasteiger partial charge in [0, 0.05) is 12.3 Å². The van der Waals surface area contributed by atoms with E-state index in [1.807, 2.05) is 20.1 Å². The number of rotatable bonds is 6. The van der Waals surface area contributed by atoms with Gasteiger partial charge in [-0.15, -0.1) is 0 Å². The Bertz CT molecular complexity index is 999. The fourth-order valence-corrected chi connectivity index (χ4v) is 2.53. The second-order valence-corrected chi connectivity index (χ2v) is 6.14. The fourth-order valence-electron chi connectivity index (χ4n) is 2.22. The van der Waals surface area contributed by atoms with Crippen LogP contribution in [0.25, 0.3) is 17.2 Å². The van der Waals surface area contributed by atoms with Gasteiger partial charge in [0.05, 0.1) is 11.3 Å². The van der Waals surface area contributed by atoms with Crippen molar-refractivity contribution in [1.29, 1.82) is 0 Å². The molecule has 3 aromatic rings. The maximum absolute atomic E-state index is 13.5. The Balaban J connectivity index is 0.00000145. The van der Waals surface area contributed by atoms with Crippen molar-refractivity contribution in [3.8, 4) is 17.2 Å². The van der Waals surface area contributed by atoms with Crippen LogP contribution in [0.2, 0.25) is 0 Å². The molecular formula is C16H17F4N5O3S. The van der Waals surface area contributed by atoms with E-state index in [-0.39, 0.29) is 23.0 Å². The first kappa shape index (κ1) is 22.5. The summed E-state index contributed by atoms with van der Waals surface area (Å²) in [5.74, 6) is -1.94. The molecule has 3 rings (SSSR count). The standard InChI is InChI=1S/C14H11F4N5O3S.C2H6/c1-27-5-4-19-11-10(20-26-21-11)12-22-25-13(24)23(12)7-2-3-9(15)8(6-7)14(16,17)18;1-2/h2-3,6H,4-5H2,1H3,(H,19,21);1-2H3. The SMILES string of the molecule is CC.CSCCNc1nonc1-c1noc(=O)n1-c1ccc(F)c(C(F)(F)F)c1. The van der Waals surface area contributed by atoms with E-state index in [9.17, 15) is 22.4 Å². The first-order valence-corrected chi connectivity index (χ1v) is 9.74. The van der Waals surface area contributed by atoms with Crippen LogP contribution >= 0.6 is 11.8 Å². The zero-order chi connectivity index (χ0) is 21.6. The molecular weight excluding hydrogens is 418 g/mol. The average Bonchev–Trinajstić information content (AvgIpc) is 3.29. The van der Waals surface area contributed by atoms with Crippen LogP contribution in [0.1, 0.15) is 19.4 Å². The van der Waals surface area contributed by atoms with Gasteiger partial charge in [-0.2, -0.15) is 24.9 Å². The molecule has 1 aromatic carbocycles. The lowest BCUT2D eigenvalue weighted by molar-refractivity contribution is -0.140. The highest BCUT2D eigenvalue weighted by Crippen LogP contribution is 2.33. The van der Waals surface area contributed by atoms with Crippen LogP contribution in [0.3, 0.4) is 0 Å². The molecule has 0 radical (unpaired) electrons. The number of thioether (sulfide) groups is 1. The highest BCUT2D eigenvalue weighted by atomic mass is 32.2. The first-order chi connectivity index (χ1) is 13.8. The van der Waals surface area contributed by atoms with Gasteiger partial charge in [-0.1, -0.05) is 19.0 Å². The molecule has 0 spiro atoms. The minimum absolute atomic E-state index is 0.0418. The van der Waals surface area contributed by atoms with E-state index in [1.165, 1.54) is 0 Å². The summed E-state index contributed by atoms with van der Waals surface area (Å²) in [6, 6.07) is 2.06. The van der Waals surface area contributed by atoms with E-state index in [0.29, 0.717) is 23.2 Å². The van der Waals surface area contributed by atoms with Crippen molar-refractivity contribution in [2.24, 2.45) is 0 Å². The first-order valence-electron chi connectivity index (χ1n) is 8.34. The van der Waals surface area contributed by atoms with E-state index in [4.69, 9.17) is 0 Å². The lowest BCUT2D eigenvalue weighted by atomic mass is 10.1. The third-order valence-electron chi connectivity index (χ3n) is 3.42. The highest BCUT2D eigenvalue weighted by Gasteiger charge is 2.35. The van der Waals surface area contributed by atoms with Crippen LogP contribution in [0.4, 0.5) is 23.4 Å². The van der Waals surface area contributed by atoms with Gasteiger partial charge < -0.3 is 5.32 Å². The minimum atomic E-state index is -4.94. The largest absolute Gasteiger partial charge is 0.446 e. The number of nitrogens with one attached hydrogen (secondary N) is 1. The Morgan fingerprint density at radius 3 is 2.59 bits per heavy atom. The molecule has 0 fully saturated rings. The number of nitrogens with zero attached hydrogens (tertiary/aromatic N) is 4. The topological polar surface area (TPSA) is 99.0 Å². The summed E-state index contributed by atoms with van der Waals surface area (Å²) in [6.07, 6.45) is -3.05. The molecule has 13 heteroatoms. The van der Waals surface area contributed by atoms with Crippen molar-refractivity contribution in [2.45, 2.75) is 20.0 Å². The number of anilines is 1. The van der Waals surface area contributed by atoms with Crippen molar-refractivity contribution >= 4 is 17.6 Å². The number of hydrogen-bond acceptors (Lipinski definition) is 8. The molecule has 0 atom stereocenters. The smallest absolute Gasteiger partial charge is 0.364 e. The molecule has 0 aliphatic heterocycles. The highest BCUT2D eigenvalue weighted by molar-refractivity contribution is 7.98. The van der Waals surface area contributed by atoms with Crippen LogP contribution in [0, 0.1) is 5.82 Å². The average molecular weight is 435 g/mol. The zero-order valence-corrected chi connectivity index (χ0v) is 16.4. The number of alkyl halides is 3. The predicted octanol–water partition coefficient (Wildman–Crippen LogP) is 3.83. The van der Waals surface area contributed by atoms with Gasteiger partial charge in [-0.25, -0.2) is 18.4 Å². The van der Waals surface area contributed by atoms with Crippen molar-refractivity contribution in [2.75, 3.05) is 23.9 Å². The van der Waals surface area contributed by atoms with Crippen LogP contribution in [-0.2, 0) is 6.18 Å². The van der Waals surface area contributed by atoms with E-state index >= 15 is 0 Å². The van der Waals surface area contributed by atoms with Gasteiger partial charge in [0.2, 0.25) is 11.6 Å². The van der Waals surface area contributed by atoms with Gasteiger partial charge >= 0.3 is 11.9 Å². The number of benzene rings is 1. The summed E-state index contributed by atoms with van der Waals surface area (Å²) in [7, 11) is 0. The molecule has 2 heterocycles. The van der Waals surface area contributed by atoms with E-state index < -0.39 is 23.3 Å². The Hall–Kier alpha value is -2.83. The van der Waals surface area contributed by atoms with Crippen LogP contribution in [0.15, 0.2) is 32.1 Å². The Kier molecular flexibility index (Phi) is 7.42. The van der Waals surface area contributed by atoms with Crippen molar-refractivity contribution in [1.82, 2.24) is 20.0 Å². The monoisotopic (exact) mass is 435 g/mol. The summed E-state index contributed by atoms with van der Waals surface area (Å²) in [5.41, 5.74) is -1.88. The molecule has 0 unspecified atom stereocenters. The zero-order valence-electron chi connectivity index (χ0n) is 15.6. The van der Waals surface area contributed by atoms with Gasteiger partial charge in [0.15, 0.2) is 5.69 Å². The second-order valence-electron chi connectivity index (χ2n) is 5.15. The summed E-state index contributed by atoms with van der Waals surface area (Å²) in [4.78, 5) is 12.0. The predicted molar refractivity (Wildman–Crippen MR) is 98.6 cm³/mol. The van der Waals surface area contributed by atoms with Gasteiger partial charge in [0.25, 0.3) is 0 Å². The molecule has 29 heavy (non-hydrogen) atoms. The molecule has 8 nitrogen and oxygen atoms in total. The normalized spacial score (nSPS) is 11.1. The quantitative estimate of drug-likeness (QED) is 0.461. The van der Waals surface area contributed by atoms with Gasteiger partial charge in [0.1, 0.15) is 5.82 Å². The number of halogens is 4. The molecule has 0 saturated carbocycles. The maximum Gasteiger partial charge on any atom is 0.446 e. The lowest BCUT2D eigenvalue weighted by Gasteiger charge is -2.10. The van der Waals surface area contributed by atoms with Crippen molar-refractivity contribution in [3.63, 3.8) is 0 Å². The number of aromatic nitrogens is 4. The Morgan fingerprint density at radius 2 is 1.93 bits per heavy atom. The van der Waals surface area contributed by atoms with E-state index in [2.05, 4.69) is 29.9 Å². The maximum atomic E-state index is 13.5. The molecule has 1 N–H and O–H groups in total. The van der Waals surface area contributed by atoms with Crippen molar-refractivity contribution in [3.05, 3.63) is 40.1 Å². The molecule has 158 valence electrons. The Labute approximate surface area is 166 Å². The lowest BCUT2D eigenvalue weighted by Crippen LogP contribution is -2.16. The van der Waals surface area contributed by atoms with Crippen molar-refractivity contribution < 1.29 is 26.7 Å². The third-order valence-corrected chi connectivity index (χ3v) is 4.03. The fraction of sp³-hybridized carbons (Fsp3) is 0.375. The molecule has 2 aromatic heterocycles. The van der Waals surface area contributed by atoms with Crippen LogP contribution in [-0.4, -0.2) is 38.6 Å². The van der Waals surface area contributed by atoms with Gasteiger partial charge in [-0.05, 0) is 34.8 Å². The Morgan fingerprint density at radius 1 is 1.21 bits per heavy atom. The molecule has 0 aliphatic carbocycles. The number of hydrogen-bond donors (Lipinski definition) is 1. The third kappa shape index (κ3) is 4.96. The summed E-state index contributed by atoms with van der Waals surface area (Å²) < 4.78 is 62.3. The van der Waals surface area contributed by atoms with Gasteiger partial charge in [-0.3, -0.25) is 4.52 Å². The molecule has 0 amide bonds. The van der Waals surface area contributed by atoms with E-state index in [0.717, 1.165) is 11.8 Å².